The maximum absolute atomic E-state index is 12.2. The van der Waals surface area contributed by atoms with Crippen LogP contribution in [0.1, 0.15) is 31.9 Å². The number of rotatable bonds is 7. The Morgan fingerprint density at radius 2 is 1.95 bits per heavy atom. The van der Waals surface area contributed by atoms with Crippen LogP contribution >= 0.6 is 0 Å². The first-order valence-electron chi connectivity index (χ1n) is 7.52. The second-order valence-electron chi connectivity index (χ2n) is 5.74. The second kappa shape index (κ2) is 7.80. The number of fused-ring (bicyclic) bond motifs is 1. The SMILES string of the molecule is CNC(CS(=O)CCC(C)C)c1ccc2c(c1)OCCO2. The van der Waals surface area contributed by atoms with Crippen LogP contribution in [-0.4, -0.2) is 36.0 Å². The Morgan fingerprint density at radius 1 is 1.24 bits per heavy atom. The van der Waals surface area contributed by atoms with E-state index >= 15 is 0 Å². The zero-order chi connectivity index (χ0) is 15.2. The molecule has 2 rings (SSSR count). The van der Waals surface area contributed by atoms with Gasteiger partial charge >= 0.3 is 0 Å². The largest absolute Gasteiger partial charge is 0.486 e. The number of benzene rings is 1. The first-order valence-corrected chi connectivity index (χ1v) is 9.00. The molecule has 1 aromatic rings. The summed E-state index contributed by atoms with van der Waals surface area (Å²) in [5.41, 5.74) is 1.10. The normalized spacial score (nSPS) is 16.8. The molecule has 0 spiro atoms. The van der Waals surface area contributed by atoms with Gasteiger partial charge in [0, 0.05) is 28.3 Å². The third-order valence-corrected chi connectivity index (χ3v) is 4.99. The molecule has 0 fully saturated rings. The lowest BCUT2D eigenvalue weighted by atomic mass is 10.1. The zero-order valence-corrected chi connectivity index (χ0v) is 13.9. The van der Waals surface area contributed by atoms with E-state index in [-0.39, 0.29) is 6.04 Å². The van der Waals surface area contributed by atoms with E-state index in [4.69, 9.17) is 9.47 Å². The molecule has 0 aliphatic carbocycles. The highest BCUT2D eigenvalue weighted by atomic mass is 32.2. The van der Waals surface area contributed by atoms with Crippen LogP contribution in [0.5, 0.6) is 11.5 Å². The Balaban J connectivity index is 2.01. The number of nitrogens with one attached hydrogen (secondary N) is 1. The highest BCUT2D eigenvalue weighted by Gasteiger charge is 2.18. The minimum atomic E-state index is -0.807. The predicted molar refractivity (Wildman–Crippen MR) is 86.6 cm³/mol. The van der Waals surface area contributed by atoms with Gasteiger partial charge in [0.25, 0.3) is 0 Å². The average Bonchev–Trinajstić information content (AvgIpc) is 2.50. The maximum atomic E-state index is 12.2. The summed E-state index contributed by atoms with van der Waals surface area (Å²) in [7, 11) is 1.10. The van der Waals surface area contributed by atoms with Crippen molar-refractivity contribution in [2.24, 2.45) is 5.92 Å². The van der Waals surface area contributed by atoms with Gasteiger partial charge in [-0.1, -0.05) is 19.9 Å². The van der Waals surface area contributed by atoms with Crippen LogP contribution in [0.25, 0.3) is 0 Å². The van der Waals surface area contributed by atoms with Crippen molar-refractivity contribution in [3.63, 3.8) is 0 Å². The van der Waals surface area contributed by atoms with Gasteiger partial charge in [-0.3, -0.25) is 4.21 Å². The summed E-state index contributed by atoms with van der Waals surface area (Å²) in [6.07, 6.45) is 1.00. The van der Waals surface area contributed by atoms with Crippen molar-refractivity contribution in [3.05, 3.63) is 23.8 Å². The monoisotopic (exact) mass is 311 g/mol. The Labute approximate surface area is 129 Å². The summed E-state index contributed by atoms with van der Waals surface area (Å²) >= 11 is 0. The van der Waals surface area contributed by atoms with Crippen LogP contribution in [0.2, 0.25) is 0 Å². The van der Waals surface area contributed by atoms with Crippen LogP contribution in [0.15, 0.2) is 18.2 Å². The fourth-order valence-electron chi connectivity index (χ4n) is 2.26. The lowest BCUT2D eigenvalue weighted by Gasteiger charge is -2.22. The van der Waals surface area contributed by atoms with Crippen molar-refractivity contribution in [3.8, 4) is 11.5 Å². The molecule has 0 saturated carbocycles. The van der Waals surface area contributed by atoms with Crippen LogP contribution in [0.3, 0.4) is 0 Å². The molecule has 1 aliphatic rings. The molecule has 2 atom stereocenters. The maximum Gasteiger partial charge on any atom is 0.161 e. The molecular weight excluding hydrogens is 286 g/mol. The van der Waals surface area contributed by atoms with E-state index in [9.17, 15) is 4.21 Å². The van der Waals surface area contributed by atoms with Crippen molar-refractivity contribution >= 4 is 10.8 Å². The smallest absolute Gasteiger partial charge is 0.161 e. The molecule has 5 heteroatoms. The highest BCUT2D eigenvalue weighted by Crippen LogP contribution is 2.32. The van der Waals surface area contributed by atoms with E-state index in [1.165, 1.54) is 0 Å². The fraction of sp³-hybridized carbons (Fsp3) is 0.625. The van der Waals surface area contributed by atoms with E-state index in [1.807, 2.05) is 25.2 Å². The van der Waals surface area contributed by atoms with Gasteiger partial charge in [0.05, 0.1) is 0 Å². The fourth-order valence-corrected chi connectivity index (χ4v) is 3.89. The standard InChI is InChI=1S/C16H25NO3S/c1-12(2)6-9-21(18)11-14(17-3)13-4-5-15-16(10-13)20-8-7-19-15/h4-5,10,12,14,17H,6-9,11H2,1-3H3. The molecule has 4 nitrogen and oxygen atoms in total. The van der Waals surface area contributed by atoms with E-state index in [0.29, 0.717) is 24.9 Å². The lowest BCUT2D eigenvalue weighted by molar-refractivity contribution is 0.171. The summed E-state index contributed by atoms with van der Waals surface area (Å²) in [5, 5.41) is 3.25. The first kappa shape index (κ1) is 16.3. The van der Waals surface area contributed by atoms with E-state index < -0.39 is 10.8 Å². The van der Waals surface area contributed by atoms with E-state index in [0.717, 1.165) is 29.2 Å². The molecule has 1 N–H and O–H groups in total. The number of ether oxygens (including phenoxy) is 2. The predicted octanol–water partition coefficient (Wildman–Crippen LogP) is 2.51. The third kappa shape index (κ3) is 4.71. The quantitative estimate of drug-likeness (QED) is 0.840. The first-order chi connectivity index (χ1) is 10.1. The second-order valence-corrected chi connectivity index (χ2v) is 7.36. The topological polar surface area (TPSA) is 47.6 Å². The van der Waals surface area contributed by atoms with Gasteiger partial charge in [-0.25, -0.2) is 0 Å². The van der Waals surface area contributed by atoms with Crippen LogP contribution in [-0.2, 0) is 10.8 Å². The van der Waals surface area contributed by atoms with Crippen molar-refractivity contribution < 1.29 is 13.7 Å². The molecule has 1 aromatic carbocycles. The van der Waals surface area contributed by atoms with Crippen LogP contribution in [0.4, 0.5) is 0 Å². The lowest BCUT2D eigenvalue weighted by Crippen LogP contribution is -2.24. The van der Waals surface area contributed by atoms with Gasteiger partial charge in [-0.2, -0.15) is 0 Å². The number of hydrogen-bond acceptors (Lipinski definition) is 4. The molecule has 118 valence electrons. The zero-order valence-electron chi connectivity index (χ0n) is 13.1. The van der Waals surface area contributed by atoms with E-state index in [2.05, 4.69) is 19.2 Å². The van der Waals surface area contributed by atoms with Gasteiger partial charge in [-0.05, 0) is 37.1 Å². The summed E-state index contributed by atoms with van der Waals surface area (Å²) < 4.78 is 23.3. The Kier molecular flexibility index (Phi) is 6.06. The van der Waals surface area contributed by atoms with Crippen LogP contribution in [0, 0.1) is 5.92 Å². The molecule has 0 bridgehead atoms. The van der Waals surface area contributed by atoms with Crippen LogP contribution < -0.4 is 14.8 Å². The summed E-state index contributed by atoms with van der Waals surface area (Å²) in [6, 6.07) is 6.03. The molecule has 21 heavy (non-hydrogen) atoms. The minimum Gasteiger partial charge on any atom is -0.486 e. The highest BCUT2D eigenvalue weighted by molar-refractivity contribution is 7.85. The van der Waals surface area contributed by atoms with Crippen molar-refractivity contribution in [1.82, 2.24) is 5.32 Å². The number of hydrogen-bond donors (Lipinski definition) is 1. The van der Waals surface area contributed by atoms with E-state index in [1.54, 1.807) is 0 Å². The van der Waals surface area contributed by atoms with Gasteiger partial charge in [0.1, 0.15) is 13.2 Å². The molecule has 0 amide bonds. The van der Waals surface area contributed by atoms with Crippen molar-refractivity contribution in [1.29, 1.82) is 0 Å². The molecule has 0 radical (unpaired) electrons. The third-order valence-electron chi connectivity index (χ3n) is 3.59. The Hall–Kier alpha value is -1.07. The molecule has 0 aromatic heterocycles. The molecule has 0 saturated heterocycles. The van der Waals surface area contributed by atoms with Crippen molar-refractivity contribution in [2.75, 3.05) is 31.8 Å². The summed E-state index contributed by atoms with van der Waals surface area (Å²) in [6.45, 7) is 5.50. The average molecular weight is 311 g/mol. The Morgan fingerprint density at radius 3 is 2.62 bits per heavy atom. The molecule has 2 unspecified atom stereocenters. The molecule has 1 aliphatic heterocycles. The Bertz CT molecular complexity index is 490. The van der Waals surface area contributed by atoms with Crippen molar-refractivity contribution in [2.45, 2.75) is 26.3 Å². The minimum absolute atomic E-state index is 0.0776. The summed E-state index contributed by atoms with van der Waals surface area (Å²) in [5.74, 6) is 3.56. The van der Waals surface area contributed by atoms with Gasteiger partial charge in [-0.15, -0.1) is 0 Å². The summed E-state index contributed by atoms with van der Waals surface area (Å²) in [4.78, 5) is 0. The molecule has 1 heterocycles. The van der Waals surface area contributed by atoms with Gasteiger partial charge < -0.3 is 14.8 Å². The van der Waals surface area contributed by atoms with Gasteiger partial charge in [0.2, 0.25) is 0 Å². The van der Waals surface area contributed by atoms with Gasteiger partial charge in [0.15, 0.2) is 11.5 Å². The molecular formula is C16H25NO3S.